The highest BCUT2D eigenvalue weighted by Crippen LogP contribution is 2.32. The summed E-state index contributed by atoms with van der Waals surface area (Å²) in [4.78, 5) is 10.9. The zero-order valence-electron chi connectivity index (χ0n) is 6.52. The molecule has 0 bridgehead atoms. The van der Waals surface area contributed by atoms with E-state index in [2.05, 4.69) is 0 Å². The number of Topliss-reactive ketones (excluding diaryl/α,β-unsaturated/α-hetero) is 1. The summed E-state index contributed by atoms with van der Waals surface area (Å²) in [5.41, 5.74) is 5.75. The lowest BCUT2D eigenvalue weighted by molar-refractivity contribution is -0.120. The number of nitrogens with two attached hydrogens (primary N) is 1. The molecule has 0 atom stereocenters. The second-order valence-electron chi connectivity index (χ2n) is 3.28. The van der Waals surface area contributed by atoms with Gasteiger partial charge in [-0.1, -0.05) is 6.92 Å². The molecule has 0 amide bonds. The van der Waals surface area contributed by atoms with Gasteiger partial charge in [-0.2, -0.15) is 0 Å². The molecular weight excluding hydrogens is 126 g/mol. The average molecular weight is 141 g/mol. The van der Waals surface area contributed by atoms with E-state index in [-0.39, 0.29) is 5.54 Å². The van der Waals surface area contributed by atoms with E-state index in [0.717, 1.165) is 12.8 Å². The monoisotopic (exact) mass is 141 g/mol. The number of ketones is 1. The Kier molecular flexibility index (Phi) is 2.09. The lowest BCUT2D eigenvalue weighted by Crippen LogP contribution is -2.47. The Morgan fingerprint density at radius 2 is 2.20 bits per heavy atom. The maximum absolute atomic E-state index is 10.9. The third-order valence-electron chi connectivity index (χ3n) is 2.29. The smallest absolute Gasteiger partial charge is 0.134 e. The molecule has 58 valence electrons. The Morgan fingerprint density at radius 3 is 2.50 bits per heavy atom. The van der Waals surface area contributed by atoms with Gasteiger partial charge in [0.2, 0.25) is 0 Å². The predicted octanol–water partition coefficient (Wildman–Crippen LogP) is 1.24. The van der Waals surface area contributed by atoms with Gasteiger partial charge in [0.05, 0.1) is 0 Å². The molecule has 0 radical (unpaired) electrons. The standard InChI is InChI=1S/C8H15NO/c1-2-7(10)6-8(9)4-3-5-8/h2-6,9H2,1H3. The van der Waals surface area contributed by atoms with Crippen LogP contribution in [0.1, 0.15) is 39.0 Å². The summed E-state index contributed by atoms with van der Waals surface area (Å²) >= 11 is 0. The molecule has 0 aromatic heterocycles. The molecule has 1 saturated carbocycles. The minimum atomic E-state index is -0.104. The average Bonchev–Trinajstić information content (AvgIpc) is 1.84. The molecule has 0 aromatic carbocycles. The number of hydrogen-bond donors (Lipinski definition) is 1. The van der Waals surface area contributed by atoms with E-state index in [0.29, 0.717) is 18.6 Å². The highest BCUT2D eigenvalue weighted by atomic mass is 16.1. The van der Waals surface area contributed by atoms with Gasteiger partial charge in [-0.05, 0) is 19.3 Å². The van der Waals surface area contributed by atoms with Gasteiger partial charge in [0.25, 0.3) is 0 Å². The van der Waals surface area contributed by atoms with E-state index >= 15 is 0 Å². The number of hydrogen-bond acceptors (Lipinski definition) is 2. The lowest BCUT2D eigenvalue weighted by Gasteiger charge is -2.37. The maximum atomic E-state index is 10.9. The van der Waals surface area contributed by atoms with Crippen molar-refractivity contribution >= 4 is 5.78 Å². The SMILES string of the molecule is CCC(=O)CC1(N)CCC1. The molecule has 2 N–H and O–H groups in total. The van der Waals surface area contributed by atoms with Gasteiger partial charge in [-0.3, -0.25) is 4.79 Å². The van der Waals surface area contributed by atoms with Crippen molar-refractivity contribution in [3.8, 4) is 0 Å². The van der Waals surface area contributed by atoms with Crippen LogP contribution in [0, 0.1) is 0 Å². The normalized spacial score (nSPS) is 21.8. The van der Waals surface area contributed by atoms with Crippen LogP contribution in [0.25, 0.3) is 0 Å². The lowest BCUT2D eigenvalue weighted by atomic mass is 9.74. The number of carbonyl (C=O) groups is 1. The van der Waals surface area contributed by atoms with Crippen LogP contribution >= 0.6 is 0 Å². The Bertz CT molecular complexity index is 138. The van der Waals surface area contributed by atoms with E-state index in [9.17, 15) is 4.79 Å². The van der Waals surface area contributed by atoms with Gasteiger partial charge in [-0.15, -0.1) is 0 Å². The Balaban J connectivity index is 2.29. The zero-order chi connectivity index (χ0) is 7.61. The fraction of sp³-hybridized carbons (Fsp3) is 0.875. The maximum Gasteiger partial charge on any atom is 0.134 e. The van der Waals surface area contributed by atoms with Crippen LogP contribution in [0.2, 0.25) is 0 Å². The van der Waals surface area contributed by atoms with Gasteiger partial charge >= 0.3 is 0 Å². The molecule has 0 spiro atoms. The van der Waals surface area contributed by atoms with E-state index in [1.165, 1.54) is 6.42 Å². The molecule has 1 aliphatic carbocycles. The fourth-order valence-corrected chi connectivity index (χ4v) is 1.33. The Hall–Kier alpha value is -0.370. The third-order valence-corrected chi connectivity index (χ3v) is 2.29. The Morgan fingerprint density at radius 1 is 1.60 bits per heavy atom. The third kappa shape index (κ3) is 1.57. The molecular formula is C8H15NO. The first-order valence-corrected chi connectivity index (χ1v) is 3.97. The molecule has 2 heteroatoms. The van der Waals surface area contributed by atoms with E-state index < -0.39 is 0 Å². The second-order valence-corrected chi connectivity index (χ2v) is 3.28. The van der Waals surface area contributed by atoms with E-state index in [1.54, 1.807) is 0 Å². The molecule has 0 aliphatic heterocycles. The summed E-state index contributed by atoms with van der Waals surface area (Å²) in [7, 11) is 0. The molecule has 0 saturated heterocycles. The second kappa shape index (κ2) is 2.70. The zero-order valence-corrected chi connectivity index (χ0v) is 6.52. The molecule has 0 aromatic rings. The molecule has 10 heavy (non-hydrogen) atoms. The van der Waals surface area contributed by atoms with Crippen molar-refractivity contribution in [1.29, 1.82) is 0 Å². The van der Waals surface area contributed by atoms with Crippen molar-refractivity contribution in [2.75, 3.05) is 0 Å². The van der Waals surface area contributed by atoms with Crippen molar-refractivity contribution in [2.24, 2.45) is 5.73 Å². The summed E-state index contributed by atoms with van der Waals surface area (Å²) in [6.07, 6.45) is 4.52. The first-order valence-electron chi connectivity index (χ1n) is 3.97. The summed E-state index contributed by atoms with van der Waals surface area (Å²) in [6, 6.07) is 0. The van der Waals surface area contributed by atoms with Gasteiger partial charge in [0.1, 0.15) is 5.78 Å². The summed E-state index contributed by atoms with van der Waals surface area (Å²) in [6.45, 7) is 1.89. The first kappa shape index (κ1) is 7.73. The summed E-state index contributed by atoms with van der Waals surface area (Å²) in [5.74, 6) is 0.308. The van der Waals surface area contributed by atoms with Crippen molar-refractivity contribution in [2.45, 2.75) is 44.6 Å². The van der Waals surface area contributed by atoms with Crippen LogP contribution in [-0.4, -0.2) is 11.3 Å². The summed E-state index contributed by atoms with van der Waals surface area (Å²) in [5, 5.41) is 0. The first-order chi connectivity index (χ1) is 4.66. The van der Waals surface area contributed by atoms with Gasteiger partial charge < -0.3 is 5.73 Å². The van der Waals surface area contributed by atoms with Crippen LogP contribution in [0.4, 0.5) is 0 Å². The molecule has 1 aliphatic rings. The highest BCUT2D eigenvalue weighted by molar-refractivity contribution is 5.79. The number of rotatable bonds is 3. The predicted molar refractivity (Wildman–Crippen MR) is 40.7 cm³/mol. The quantitative estimate of drug-likeness (QED) is 0.642. The van der Waals surface area contributed by atoms with Gasteiger partial charge in [-0.25, -0.2) is 0 Å². The van der Waals surface area contributed by atoms with Crippen molar-refractivity contribution < 1.29 is 4.79 Å². The topological polar surface area (TPSA) is 43.1 Å². The fourth-order valence-electron chi connectivity index (χ4n) is 1.33. The van der Waals surface area contributed by atoms with Crippen LogP contribution in [0.3, 0.4) is 0 Å². The van der Waals surface area contributed by atoms with Crippen LogP contribution in [-0.2, 0) is 4.79 Å². The minimum Gasteiger partial charge on any atom is -0.325 e. The molecule has 0 unspecified atom stereocenters. The van der Waals surface area contributed by atoms with Crippen LogP contribution in [0.5, 0.6) is 0 Å². The molecule has 0 heterocycles. The van der Waals surface area contributed by atoms with E-state index in [1.807, 2.05) is 6.92 Å². The van der Waals surface area contributed by atoms with Crippen LogP contribution < -0.4 is 5.73 Å². The highest BCUT2D eigenvalue weighted by Gasteiger charge is 2.33. The van der Waals surface area contributed by atoms with Crippen molar-refractivity contribution in [1.82, 2.24) is 0 Å². The molecule has 2 nitrogen and oxygen atoms in total. The van der Waals surface area contributed by atoms with Crippen LogP contribution in [0.15, 0.2) is 0 Å². The van der Waals surface area contributed by atoms with Gasteiger partial charge in [0, 0.05) is 18.4 Å². The van der Waals surface area contributed by atoms with Crippen molar-refractivity contribution in [3.05, 3.63) is 0 Å². The summed E-state index contributed by atoms with van der Waals surface area (Å²) < 4.78 is 0. The largest absolute Gasteiger partial charge is 0.325 e. The molecule has 1 fully saturated rings. The van der Waals surface area contributed by atoms with Crippen molar-refractivity contribution in [3.63, 3.8) is 0 Å². The number of carbonyl (C=O) groups excluding carboxylic acids is 1. The molecule has 1 rings (SSSR count). The minimum absolute atomic E-state index is 0.104. The van der Waals surface area contributed by atoms with Gasteiger partial charge in [0.15, 0.2) is 0 Å². The van der Waals surface area contributed by atoms with E-state index in [4.69, 9.17) is 5.73 Å². The Labute approximate surface area is 61.8 Å².